The molecule has 3 unspecified atom stereocenters. The van der Waals surface area contributed by atoms with E-state index in [4.69, 9.17) is 4.74 Å². The van der Waals surface area contributed by atoms with Crippen molar-refractivity contribution in [3.8, 4) is 5.75 Å². The van der Waals surface area contributed by atoms with Gasteiger partial charge in [0.1, 0.15) is 11.3 Å². The molecule has 3 N–H and O–H groups in total. The molecular formula is C18H16N2O7P+. The maximum atomic E-state index is 13.3. The van der Waals surface area contributed by atoms with Gasteiger partial charge in [-0.15, -0.1) is 4.89 Å². The zero-order valence-corrected chi connectivity index (χ0v) is 15.8. The van der Waals surface area contributed by atoms with Crippen LogP contribution in [0.3, 0.4) is 0 Å². The van der Waals surface area contributed by atoms with Gasteiger partial charge >= 0.3 is 8.18 Å². The van der Waals surface area contributed by atoms with Crippen molar-refractivity contribution < 1.29 is 29.0 Å². The van der Waals surface area contributed by atoms with Crippen molar-refractivity contribution in [2.24, 2.45) is 0 Å². The number of nitro benzene ring substituents is 1. The Morgan fingerprint density at radius 3 is 2.61 bits per heavy atom. The Labute approximate surface area is 160 Å². The number of carbonyl (C=O) groups is 1. The first-order chi connectivity index (χ1) is 13.1. The lowest BCUT2D eigenvalue weighted by Crippen LogP contribution is -2.56. The van der Waals surface area contributed by atoms with Gasteiger partial charge in [-0.25, -0.2) is 0 Å². The summed E-state index contributed by atoms with van der Waals surface area (Å²) in [7, 11) is -3.11. The maximum absolute atomic E-state index is 13.3. The van der Waals surface area contributed by atoms with Crippen LogP contribution in [0.4, 0.5) is 5.69 Å². The Balaban J connectivity index is 2.06. The normalized spacial score (nSPS) is 25.2. The highest BCUT2D eigenvalue weighted by molar-refractivity contribution is 7.35. The first kappa shape index (κ1) is 18.6. The number of nitro groups is 1. The summed E-state index contributed by atoms with van der Waals surface area (Å²) in [5.41, 5.74) is -2.17. The van der Waals surface area contributed by atoms with E-state index in [1.54, 1.807) is 12.1 Å². The summed E-state index contributed by atoms with van der Waals surface area (Å²) in [6.45, 7) is 3.88. The zero-order valence-electron chi connectivity index (χ0n) is 14.9. The molecule has 0 fully saturated rings. The van der Waals surface area contributed by atoms with Crippen molar-refractivity contribution in [2.75, 3.05) is 0 Å². The molecule has 0 radical (unpaired) electrons. The number of benzene rings is 2. The molecule has 0 spiro atoms. The molecule has 1 aliphatic heterocycles. The Hall–Kier alpha value is -2.71. The first-order valence-corrected chi connectivity index (χ1v) is 9.67. The van der Waals surface area contributed by atoms with E-state index in [2.05, 4.69) is 5.09 Å². The van der Waals surface area contributed by atoms with Gasteiger partial charge in [0, 0.05) is 17.2 Å². The number of hydrogen-bond acceptors (Lipinski definition) is 6. The quantitative estimate of drug-likeness (QED) is 0.402. The molecule has 10 heteroatoms. The van der Waals surface area contributed by atoms with Gasteiger partial charge in [-0.2, -0.15) is 0 Å². The molecule has 1 aliphatic carbocycles. The van der Waals surface area contributed by atoms with Gasteiger partial charge < -0.3 is 9.84 Å². The minimum Gasteiger partial charge on any atom is -0.454 e. The predicted molar refractivity (Wildman–Crippen MR) is 97.1 cm³/mol. The third-order valence-electron chi connectivity index (χ3n) is 5.27. The van der Waals surface area contributed by atoms with E-state index in [0.29, 0.717) is 0 Å². The molecule has 2 aliphatic rings. The number of hydrogen-bond donors (Lipinski definition) is 3. The van der Waals surface area contributed by atoms with Crippen LogP contribution in [0.2, 0.25) is 0 Å². The van der Waals surface area contributed by atoms with Crippen LogP contribution in [-0.2, 0) is 15.9 Å². The van der Waals surface area contributed by atoms with Crippen molar-refractivity contribution in [1.29, 1.82) is 0 Å². The van der Waals surface area contributed by atoms with Gasteiger partial charge in [0.25, 0.3) is 11.5 Å². The van der Waals surface area contributed by atoms with Gasteiger partial charge in [0.15, 0.2) is 5.78 Å². The SMILES string of the molecule is CC(C)c1ccc2c(c1)OC1(O)c3c(cccc3[N+](=O)[O-])C(=O)C21N[P+](=O)O. The van der Waals surface area contributed by atoms with Crippen molar-refractivity contribution in [3.63, 3.8) is 0 Å². The van der Waals surface area contributed by atoms with Crippen LogP contribution in [0.15, 0.2) is 36.4 Å². The Morgan fingerprint density at radius 2 is 2.00 bits per heavy atom. The second-order valence-corrected chi connectivity index (χ2v) is 7.85. The molecule has 2 aromatic rings. The number of aliphatic hydroxyl groups is 1. The minimum atomic E-state index is -3.11. The third kappa shape index (κ3) is 2.15. The molecule has 3 atom stereocenters. The fourth-order valence-corrected chi connectivity index (χ4v) is 4.66. The minimum absolute atomic E-state index is 0.111. The number of nitrogens with zero attached hydrogens (tertiary/aromatic N) is 1. The second kappa shape index (κ2) is 5.89. The second-order valence-electron chi connectivity index (χ2n) is 7.08. The Kier molecular flexibility index (Phi) is 3.92. The van der Waals surface area contributed by atoms with Crippen molar-refractivity contribution in [2.45, 2.75) is 31.1 Å². The molecule has 0 saturated carbocycles. The third-order valence-corrected chi connectivity index (χ3v) is 5.80. The number of ether oxygens (including phenoxy) is 1. The summed E-state index contributed by atoms with van der Waals surface area (Å²) < 4.78 is 17.4. The Bertz CT molecular complexity index is 1070. The summed E-state index contributed by atoms with van der Waals surface area (Å²) in [4.78, 5) is 33.7. The summed E-state index contributed by atoms with van der Waals surface area (Å²) in [5, 5.41) is 25.3. The first-order valence-electron chi connectivity index (χ1n) is 8.46. The van der Waals surface area contributed by atoms with Crippen LogP contribution in [0.25, 0.3) is 0 Å². The van der Waals surface area contributed by atoms with Crippen molar-refractivity contribution >= 4 is 19.6 Å². The summed E-state index contributed by atoms with van der Waals surface area (Å²) >= 11 is 0. The summed E-state index contributed by atoms with van der Waals surface area (Å²) in [6.07, 6.45) is 0. The van der Waals surface area contributed by atoms with Crippen molar-refractivity contribution in [1.82, 2.24) is 5.09 Å². The molecule has 0 saturated heterocycles. The highest BCUT2D eigenvalue weighted by atomic mass is 31.1. The number of rotatable bonds is 4. The standard InChI is InChI=1S/C18H15N2O7P/c1-9(2)10-6-7-12-14(8-10)27-18(22)15-11(4-3-5-13(15)20(23)24)16(21)17(12,18)19-28(25)26/h3-9,22H,1-2H3,(H-,19,25,26)/p+1. The summed E-state index contributed by atoms with van der Waals surface area (Å²) in [5.74, 6) is -3.09. The molecule has 4 rings (SSSR count). The zero-order chi connectivity index (χ0) is 20.4. The molecule has 1 heterocycles. The number of carbonyl (C=O) groups excluding carboxylic acids is 1. The van der Waals surface area contributed by atoms with Crippen LogP contribution < -0.4 is 9.82 Å². The van der Waals surface area contributed by atoms with E-state index >= 15 is 0 Å². The van der Waals surface area contributed by atoms with Gasteiger partial charge in [-0.1, -0.05) is 43.2 Å². The van der Waals surface area contributed by atoms with Gasteiger partial charge in [-0.3, -0.25) is 14.9 Å². The van der Waals surface area contributed by atoms with E-state index in [-0.39, 0.29) is 28.4 Å². The lowest BCUT2D eigenvalue weighted by atomic mass is 9.83. The fraction of sp³-hybridized carbons (Fsp3) is 0.278. The lowest BCUT2D eigenvalue weighted by Gasteiger charge is -2.29. The average Bonchev–Trinajstić information content (AvgIpc) is 2.97. The fourth-order valence-electron chi connectivity index (χ4n) is 4.00. The monoisotopic (exact) mass is 403 g/mol. The van der Waals surface area contributed by atoms with Crippen LogP contribution in [-0.4, -0.2) is 20.7 Å². The number of ketones is 1. The van der Waals surface area contributed by atoms with Gasteiger partial charge in [0.2, 0.25) is 5.54 Å². The van der Waals surface area contributed by atoms with E-state index in [1.807, 2.05) is 13.8 Å². The topological polar surface area (TPSA) is 139 Å². The molecule has 28 heavy (non-hydrogen) atoms. The molecule has 9 nitrogen and oxygen atoms in total. The molecule has 144 valence electrons. The molecule has 0 bridgehead atoms. The Morgan fingerprint density at radius 1 is 1.29 bits per heavy atom. The van der Waals surface area contributed by atoms with Crippen LogP contribution >= 0.6 is 8.18 Å². The molecule has 2 aromatic carbocycles. The van der Waals surface area contributed by atoms with E-state index in [1.165, 1.54) is 18.2 Å². The average molecular weight is 403 g/mol. The largest absolute Gasteiger partial charge is 0.611 e. The summed E-state index contributed by atoms with van der Waals surface area (Å²) in [6, 6.07) is 8.65. The van der Waals surface area contributed by atoms with E-state index in [9.17, 15) is 29.5 Å². The molecule has 0 aromatic heterocycles. The van der Waals surface area contributed by atoms with E-state index < -0.39 is 35.9 Å². The molecule has 0 amide bonds. The highest BCUT2D eigenvalue weighted by Gasteiger charge is 2.75. The van der Waals surface area contributed by atoms with Gasteiger partial charge in [-0.05, 0) is 22.1 Å². The van der Waals surface area contributed by atoms with Crippen LogP contribution in [0.5, 0.6) is 5.75 Å². The van der Waals surface area contributed by atoms with Gasteiger partial charge in [0.05, 0.1) is 4.92 Å². The van der Waals surface area contributed by atoms with Crippen LogP contribution in [0, 0.1) is 10.1 Å². The van der Waals surface area contributed by atoms with E-state index in [0.717, 1.165) is 11.6 Å². The predicted octanol–water partition coefficient (Wildman–Crippen LogP) is 2.59. The van der Waals surface area contributed by atoms with Crippen molar-refractivity contribution in [3.05, 3.63) is 68.8 Å². The number of nitrogens with one attached hydrogen (secondary N) is 1. The number of fused-ring (bicyclic) bond motifs is 5. The van der Waals surface area contributed by atoms with Crippen LogP contribution in [0.1, 0.15) is 46.8 Å². The number of Topliss-reactive ketones (excluding diaryl/α,β-unsaturated/α-hetero) is 1. The highest BCUT2D eigenvalue weighted by Crippen LogP contribution is 2.61. The molecular weight excluding hydrogens is 387 g/mol. The smallest absolute Gasteiger partial charge is 0.454 e. The lowest BCUT2D eigenvalue weighted by molar-refractivity contribution is -0.388. The maximum Gasteiger partial charge on any atom is 0.611 e.